The Morgan fingerprint density at radius 1 is 1.43 bits per heavy atom. The number of ether oxygens (including phenoxy) is 2. The van der Waals surface area contributed by atoms with Crippen LogP contribution in [-0.4, -0.2) is 41.8 Å². The van der Waals surface area contributed by atoms with Gasteiger partial charge in [-0.1, -0.05) is 6.08 Å². The summed E-state index contributed by atoms with van der Waals surface area (Å²) in [6.45, 7) is 3.29. The average Bonchev–Trinajstić information content (AvgIpc) is 2.78. The minimum atomic E-state index is -0.235. The minimum absolute atomic E-state index is 0.0643. The molecule has 0 amide bonds. The van der Waals surface area contributed by atoms with E-state index in [-0.39, 0.29) is 23.2 Å². The number of phenolic OH excluding ortho intramolecular Hbond substituents is 1. The molecule has 4 rings (SSSR count). The first-order valence-electron chi connectivity index (χ1n) is 8.04. The van der Waals surface area contributed by atoms with Gasteiger partial charge in [0.1, 0.15) is 6.10 Å². The molecule has 1 saturated heterocycles. The second-order valence-corrected chi connectivity index (χ2v) is 6.70. The molecule has 5 nitrogen and oxygen atoms in total. The second kappa shape index (κ2) is 4.99. The number of phenols is 1. The van der Waals surface area contributed by atoms with E-state index in [4.69, 9.17) is 9.47 Å². The number of benzene rings is 1. The lowest BCUT2D eigenvalue weighted by Gasteiger charge is -2.45. The van der Waals surface area contributed by atoms with E-state index in [9.17, 15) is 9.90 Å². The monoisotopic (exact) mass is 315 g/mol. The second-order valence-electron chi connectivity index (χ2n) is 6.70. The highest BCUT2D eigenvalue weighted by Crippen LogP contribution is 2.52. The number of methoxy groups -OCH3 is 1. The van der Waals surface area contributed by atoms with Crippen molar-refractivity contribution in [3.8, 4) is 11.5 Å². The van der Waals surface area contributed by atoms with E-state index in [0.29, 0.717) is 11.8 Å². The van der Waals surface area contributed by atoms with Gasteiger partial charge in [0.05, 0.1) is 7.11 Å². The van der Waals surface area contributed by atoms with Gasteiger partial charge in [-0.15, -0.1) is 0 Å². The van der Waals surface area contributed by atoms with Crippen molar-refractivity contribution in [2.24, 2.45) is 0 Å². The summed E-state index contributed by atoms with van der Waals surface area (Å²) >= 11 is 0. The molecule has 1 aromatic carbocycles. The molecule has 0 saturated carbocycles. The number of rotatable bonds is 2. The number of carbonyl (C=O) groups excluding carboxylic acids is 1. The summed E-state index contributed by atoms with van der Waals surface area (Å²) in [5, 5.41) is 10.1. The van der Waals surface area contributed by atoms with E-state index < -0.39 is 0 Å². The molecule has 1 aliphatic carbocycles. The Kier molecular flexibility index (Phi) is 3.17. The Morgan fingerprint density at radius 3 is 3.00 bits per heavy atom. The van der Waals surface area contributed by atoms with Gasteiger partial charge in [-0.2, -0.15) is 0 Å². The van der Waals surface area contributed by atoms with Gasteiger partial charge in [-0.05, 0) is 35.8 Å². The zero-order chi connectivity index (χ0) is 16.2. The Hall–Kier alpha value is -2.01. The van der Waals surface area contributed by atoms with Crippen LogP contribution in [0.25, 0.3) is 0 Å². The summed E-state index contributed by atoms with van der Waals surface area (Å²) < 4.78 is 10.7. The molecule has 1 aromatic rings. The van der Waals surface area contributed by atoms with Gasteiger partial charge >= 0.3 is 5.97 Å². The van der Waals surface area contributed by atoms with Crippen LogP contribution in [0.15, 0.2) is 24.3 Å². The van der Waals surface area contributed by atoms with Crippen LogP contribution in [-0.2, 0) is 21.5 Å². The highest BCUT2D eigenvalue weighted by molar-refractivity contribution is 5.66. The van der Waals surface area contributed by atoms with E-state index in [1.807, 2.05) is 18.2 Å². The molecule has 4 atom stereocenters. The molecule has 2 aliphatic heterocycles. The van der Waals surface area contributed by atoms with E-state index >= 15 is 0 Å². The Balaban J connectivity index is 1.79. The first-order valence-corrected chi connectivity index (χ1v) is 8.04. The quantitative estimate of drug-likeness (QED) is 0.669. The molecule has 3 aliphatic rings. The van der Waals surface area contributed by atoms with Crippen LogP contribution in [0.1, 0.15) is 30.9 Å². The standard InChI is InChI=1S/C18H21NO4/c1-11(20)23-13-3-4-18-5-6-19(17(18)8-13)10-12-7-15(21)16(22-2)9-14(12)18/h3-4,7,9,13,17,21H,5-6,8,10H2,1-2H3. The van der Waals surface area contributed by atoms with Crippen molar-refractivity contribution in [3.05, 3.63) is 35.4 Å². The fraction of sp³-hybridized carbons (Fsp3) is 0.500. The van der Waals surface area contributed by atoms with Gasteiger partial charge in [0, 0.05) is 37.9 Å². The Labute approximate surface area is 135 Å². The minimum Gasteiger partial charge on any atom is -0.504 e. The smallest absolute Gasteiger partial charge is 0.303 e. The van der Waals surface area contributed by atoms with Crippen LogP contribution in [0, 0.1) is 0 Å². The van der Waals surface area contributed by atoms with Gasteiger partial charge in [0.25, 0.3) is 0 Å². The van der Waals surface area contributed by atoms with Crippen LogP contribution < -0.4 is 4.74 Å². The van der Waals surface area contributed by atoms with Crippen molar-refractivity contribution in [3.63, 3.8) is 0 Å². The fourth-order valence-corrected chi connectivity index (χ4v) is 4.56. The van der Waals surface area contributed by atoms with E-state index in [0.717, 1.165) is 31.5 Å². The molecule has 4 unspecified atom stereocenters. The van der Waals surface area contributed by atoms with E-state index in [2.05, 4.69) is 11.0 Å². The number of fused-ring (bicyclic) bond motifs is 1. The average molecular weight is 315 g/mol. The molecule has 2 bridgehead atoms. The normalized spacial score (nSPS) is 33.7. The van der Waals surface area contributed by atoms with Gasteiger partial charge in [0.2, 0.25) is 0 Å². The van der Waals surface area contributed by atoms with Gasteiger partial charge < -0.3 is 14.6 Å². The van der Waals surface area contributed by atoms with Gasteiger partial charge in [-0.3, -0.25) is 9.69 Å². The molecular weight excluding hydrogens is 294 g/mol. The maximum atomic E-state index is 11.3. The summed E-state index contributed by atoms with van der Waals surface area (Å²) in [5.41, 5.74) is 2.33. The Morgan fingerprint density at radius 2 is 2.26 bits per heavy atom. The summed E-state index contributed by atoms with van der Waals surface area (Å²) in [4.78, 5) is 13.7. The number of carbonyl (C=O) groups is 1. The summed E-state index contributed by atoms with van der Waals surface area (Å²) in [6, 6.07) is 4.14. The molecule has 2 heterocycles. The molecule has 0 spiro atoms. The highest BCUT2D eigenvalue weighted by atomic mass is 16.5. The molecule has 1 N–H and O–H groups in total. The lowest BCUT2D eigenvalue weighted by Crippen LogP contribution is -2.49. The van der Waals surface area contributed by atoms with Crippen LogP contribution in [0.2, 0.25) is 0 Å². The van der Waals surface area contributed by atoms with Crippen LogP contribution in [0.4, 0.5) is 0 Å². The molecule has 0 radical (unpaired) electrons. The first kappa shape index (κ1) is 14.6. The van der Waals surface area contributed by atoms with Gasteiger partial charge in [-0.25, -0.2) is 0 Å². The van der Waals surface area contributed by atoms with Crippen molar-refractivity contribution >= 4 is 5.97 Å². The van der Waals surface area contributed by atoms with Crippen molar-refractivity contribution in [1.29, 1.82) is 0 Å². The molecule has 122 valence electrons. The number of aromatic hydroxyl groups is 1. The number of hydrogen-bond acceptors (Lipinski definition) is 5. The van der Waals surface area contributed by atoms with E-state index in [1.54, 1.807) is 7.11 Å². The predicted molar refractivity (Wildman–Crippen MR) is 84.5 cm³/mol. The maximum absolute atomic E-state index is 11.3. The molecule has 1 fully saturated rings. The summed E-state index contributed by atoms with van der Waals surface area (Å²) in [7, 11) is 1.58. The van der Waals surface area contributed by atoms with Crippen molar-refractivity contribution in [2.75, 3.05) is 13.7 Å². The fourth-order valence-electron chi connectivity index (χ4n) is 4.56. The summed E-state index contributed by atoms with van der Waals surface area (Å²) in [6.07, 6.45) is 5.95. The maximum Gasteiger partial charge on any atom is 0.303 e. The number of esters is 1. The van der Waals surface area contributed by atoms with Crippen molar-refractivity contribution < 1.29 is 19.4 Å². The third kappa shape index (κ3) is 2.06. The molecule has 5 heteroatoms. The first-order chi connectivity index (χ1) is 11.0. The zero-order valence-electron chi connectivity index (χ0n) is 13.4. The number of nitrogens with zero attached hydrogens (tertiary/aromatic N) is 1. The third-order valence-corrected chi connectivity index (χ3v) is 5.51. The van der Waals surface area contributed by atoms with Crippen molar-refractivity contribution in [2.45, 2.75) is 43.9 Å². The van der Waals surface area contributed by atoms with Crippen LogP contribution >= 0.6 is 0 Å². The molecular formula is C18H21NO4. The van der Waals surface area contributed by atoms with Crippen molar-refractivity contribution in [1.82, 2.24) is 4.90 Å². The van der Waals surface area contributed by atoms with E-state index in [1.165, 1.54) is 12.5 Å². The number of hydrogen-bond donors (Lipinski definition) is 1. The summed E-state index contributed by atoms with van der Waals surface area (Å²) in [5.74, 6) is 0.479. The lowest BCUT2D eigenvalue weighted by atomic mass is 9.66. The zero-order valence-corrected chi connectivity index (χ0v) is 13.4. The molecule has 0 aromatic heterocycles. The topological polar surface area (TPSA) is 59.0 Å². The molecule has 23 heavy (non-hydrogen) atoms. The largest absolute Gasteiger partial charge is 0.504 e. The van der Waals surface area contributed by atoms with Crippen LogP contribution in [0.5, 0.6) is 11.5 Å². The lowest BCUT2D eigenvalue weighted by molar-refractivity contribution is -0.145. The SMILES string of the molecule is COc1cc2c(cc1O)CN1CCC23C=CC(OC(C)=O)CC13. The predicted octanol–water partition coefficient (Wildman–Crippen LogP) is 2.12. The Bertz CT molecular complexity index is 699. The van der Waals surface area contributed by atoms with Gasteiger partial charge in [0.15, 0.2) is 11.5 Å². The third-order valence-electron chi connectivity index (χ3n) is 5.51. The highest BCUT2D eigenvalue weighted by Gasteiger charge is 2.53. The van der Waals surface area contributed by atoms with Crippen LogP contribution in [0.3, 0.4) is 0 Å².